The molecule has 0 spiro atoms. The topological polar surface area (TPSA) is 12.9 Å². The number of pyridine rings is 1. The number of halogens is 5. The summed E-state index contributed by atoms with van der Waals surface area (Å²) in [5, 5.41) is 0.775. The summed E-state index contributed by atoms with van der Waals surface area (Å²) in [6.07, 6.45) is -4.49. The maximum Gasteiger partial charge on any atom is 0.432 e. The Balaban J connectivity index is 2.91. The Labute approximate surface area is 110 Å². The van der Waals surface area contributed by atoms with Gasteiger partial charge in [-0.15, -0.1) is 0 Å². The van der Waals surface area contributed by atoms with Crippen LogP contribution >= 0.6 is 27.5 Å². The van der Waals surface area contributed by atoms with Crippen LogP contribution in [-0.2, 0) is 6.18 Å². The monoisotopic (exact) mass is 321 g/mol. The van der Waals surface area contributed by atoms with Crippen molar-refractivity contribution in [3.8, 4) is 0 Å². The van der Waals surface area contributed by atoms with Gasteiger partial charge in [-0.25, -0.2) is 4.98 Å². The molecule has 0 aliphatic carbocycles. The van der Waals surface area contributed by atoms with Crippen molar-refractivity contribution in [2.75, 3.05) is 0 Å². The number of aromatic nitrogens is 1. The summed E-state index contributed by atoms with van der Waals surface area (Å²) in [6.45, 7) is 0. The number of nitrogens with zero attached hydrogens (tertiary/aromatic N) is 1. The summed E-state index contributed by atoms with van der Waals surface area (Å²) in [4.78, 5) is 3.62. The maximum absolute atomic E-state index is 12.8. The van der Waals surface area contributed by atoms with Crippen molar-refractivity contribution in [3.05, 3.63) is 33.4 Å². The molecule has 0 fully saturated rings. The maximum atomic E-state index is 12.8. The fraction of sp³-hybridized carbons (Fsp3) is 0.100. The van der Waals surface area contributed by atoms with Crippen LogP contribution in [0.1, 0.15) is 5.69 Å². The molecule has 0 radical (unpaired) electrons. The van der Waals surface area contributed by atoms with Gasteiger partial charge in [0.15, 0.2) is 0 Å². The molecule has 1 nitrogen and oxygen atoms in total. The molecule has 0 aliphatic rings. The first kappa shape index (κ1) is 12.7. The Hall–Kier alpha value is -0.745. The Morgan fingerprint density at radius 1 is 1.29 bits per heavy atom. The number of rotatable bonds is 0. The van der Waals surface area contributed by atoms with Crippen LogP contribution in [0.25, 0.3) is 10.9 Å². The van der Waals surface area contributed by atoms with Gasteiger partial charge in [-0.3, -0.25) is 0 Å². The Morgan fingerprint density at radius 3 is 2.53 bits per heavy atom. The van der Waals surface area contributed by atoms with Gasteiger partial charge >= 0.3 is 6.18 Å². The van der Waals surface area contributed by atoms with Crippen molar-refractivity contribution in [2.45, 2.75) is 6.18 Å². The minimum atomic E-state index is -4.49. The quantitative estimate of drug-likeness (QED) is 0.680. The highest BCUT2D eigenvalue weighted by atomic mass is 79.9. The average molecular weight is 322 g/mol. The van der Waals surface area contributed by atoms with E-state index in [0.29, 0.717) is 9.86 Å². The first-order chi connectivity index (χ1) is 7.82. The third-order valence-electron chi connectivity index (χ3n) is 2.40. The van der Waals surface area contributed by atoms with E-state index >= 15 is 0 Å². The lowest BCUT2D eigenvalue weighted by atomic mass is 9.92. The van der Waals surface area contributed by atoms with Crippen LogP contribution in [0.15, 0.2) is 22.7 Å². The van der Waals surface area contributed by atoms with Gasteiger partial charge in [-0.05, 0) is 11.5 Å². The molecule has 88 valence electrons. The van der Waals surface area contributed by atoms with Gasteiger partial charge in [0.05, 0.1) is 10.5 Å². The SMILES string of the molecule is Bc1c(C(F)(F)F)nc2c(Cl)cccc2c1Br. The standard InChI is InChI=1S/C10H5BBrClF3N/c11-6-7(12)4-2-1-3-5(13)8(4)17-9(6)10(14,15)16/h1-3H,11H2. The predicted molar refractivity (Wildman–Crippen MR) is 67.6 cm³/mol. The predicted octanol–water partition coefficient (Wildman–Crippen LogP) is 2.93. The normalized spacial score (nSPS) is 12.1. The molecule has 1 aromatic heterocycles. The number of para-hydroxylation sites is 1. The molecule has 2 aromatic rings. The number of fused-ring (bicyclic) bond motifs is 1. The highest BCUT2D eigenvalue weighted by molar-refractivity contribution is 9.10. The lowest BCUT2D eigenvalue weighted by Crippen LogP contribution is -2.23. The van der Waals surface area contributed by atoms with Crippen LogP contribution in [0.3, 0.4) is 0 Å². The zero-order valence-corrected chi connectivity index (χ0v) is 10.9. The van der Waals surface area contributed by atoms with Crippen LogP contribution in [0, 0.1) is 0 Å². The van der Waals surface area contributed by atoms with Gasteiger partial charge in [0.25, 0.3) is 0 Å². The highest BCUT2D eigenvalue weighted by Gasteiger charge is 2.35. The molecule has 1 aromatic carbocycles. The first-order valence-electron chi connectivity index (χ1n) is 4.64. The van der Waals surface area contributed by atoms with Gasteiger partial charge in [0.2, 0.25) is 0 Å². The van der Waals surface area contributed by atoms with Gasteiger partial charge in [0, 0.05) is 9.86 Å². The second-order valence-corrected chi connectivity index (χ2v) is 4.73. The molecule has 17 heavy (non-hydrogen) atoms. The zero-order valence-electron chi connectivity index (χ0n) is 8.57. The van der Waals surface area contributed by atoms with Crippen molar-refractivity contribution in [3.63, 3.8) is 0 Å². The molecule has 2 rings (SSSR count). The van der Waals surface area contributed by atoms with Crippen LogP contribution < -0.4 is 5.46 Å². The molecular formula is C10H5BBrClF3N. The molecule has 0 saturated heterocycles. The smallest absolute Gasteiger partial charge is 0.242 e. The molecular weight excluding hydrogens is 317 g/mol. The fourth-order valence-electron chi connectivity index (χ4n) is 1.58. The van der Waals surface area contributed by atoms with Crippen molar-refractivity contribution >= 4 is 51.7 Å². The van der Waals surface area contributed by atoms with Gasteiger partial charge in [-0.1, -0.05) is 39.7 Å². The molecule has 0 saturated carbocycles. The van der Waals surface area contributed by atoms with E-state index in [4.69, 9.17) is 11.6 Å². The Kier molecular flexibility index (Phi) is 3.12. The minimum absolute atomic E-state index is 0.0623. The molecule has 0 aliphatic heterocycles. The van der Waals surface area contributed by atoms with Gasteiger partial charge in [0.1, 0.15) is 13.5 Å². The van der Waals surface area contributed by atoms with Crippen LogP contribution in [0.2, 0.25) is 5.02 Å². The summed E-state index contributed by atoms with van der Waals surface area (Å²) in [5.41, 5.74) is -0.698. The van der Waals surface area contributed by atoms with Crippen molar-refractivity contribution in [2.24, 2.45) is 0 Å². The van der Waals surface area contributed by atoms with Crippen molar-refractivity contribution in [1.29, 1.82) is 0 Å². The number of hydrogen-bond acceptors (Lipinski definition) is 1. The lowest BCUT2D eigenvalue weighted by Gasteiger charge is -2.13. The second-order valence-electron chi connectivity index (χ2n) is 3.53. The van der Waals surface area contributed by atoms with Crippen molar-refractivity contribution < 1.29 is 13.2 Å². The van der Waals surface area contributed by atoms with Crippen LogP contribution in [-0.4, -0.2) is 12.8 Å². The van der Waals surface area contributed by atoms with Crippen molar-refractivity contribution in [1.82, 2.24) is 4.98 Å². The van der Waals surface area contributed by atoms with E-state index in [1.807, 2.05) is 0 Å². The number of benzene rings is 1. The Bertz CT molecular complexity index is 600. The molecule has 0 amide bonds. The minimum Gasteiger partial charge on any atom is -0.242 e. The Morgan fingerprint density at radius 2 is 1.94 bits per heavy atom. The third kappa shape index (κ3) is 2.16. The van der Waals surface area contributed by atoms with E-state index in [1.54, 1.807) is 12.1 Å². The molecule has 0 atom stereocenters. The summed E-state index contributed by atoms with van der Waals surface area (Å²) in [6, 6.07) is 4.86. The van der Waals surface area contributed by atoms with Crippen LogP contribution in [0.4, 0.5) is 13.2 Å². The second kappa shape index (κ2) is 4.17. The molecule has 0 unspecified atom stereocenters. The average Bonchev–Trinajstić information content (AvgIpc) is 2.22. The van der Waals surface area contributed by atoms with Gasteiger partial charge < -0.3 is 0 Å². The highest BCUT2D eigenvalue weighted by Crippen LogP contribution is 2.33. The number of alkyl halides is 3. The van der Waals surface area contributed by atoms with Crippen LogP contribution in [0.5, 0.6) is 0 Å². The zero-order chi connectivity index (χ0) is 12.8. The van der Waals surface area contributed by atoms with E-state index in [2.05, 4.69) is 20.9 Å². The van der Waals surface area contributed by atoms with Gasteiger partial charge in [-0.2, -0.15) is 13.2 Å². The third-order valence-corrected chi connectivity index (χ3v) is 3.73. The van der Waals surface area contributed by atoms with E-state index in [0.717, 1.165) is 0 Å². The first-order valence-corrected chi connectivity index (χ1v) is 5.81. The summed E-state index contributed by atoms with van der Waals surface area (Å²) in [7, 11) is 1.38. The molecule has 0 N–H and O–H groups in total. The molecule has 1 heterocycles. The van der Waals surface area contributed by atoms with E-state index in [1.165, 1.54) is 13.9 Å². The lowest BCUT2D eigenvalue weighted by molar-refractivity contribution is -0.140. The summed E-state index contributed by atoms with van der Waals surface area (Å²) < 4.78 is 38.7. The summed E-state index contributed by atoms with van der Waals surface area (Å²) >= 11 is 9.01. The largest absolute Gasteiger partial charge is 0.432 e. The number of hydrogen-bond donors (Lipinski definition) is 0. The summed E-state index contributed by atoms with van der Waals surface area (Å²) in [5.74, 6) is 0. The molecule has 0 bridgehead atoms. The van der Waals surface area contributed by atoms with E-state index in [-0.39, 0.29) is 16.0 Å². The molecule has 7 heteroatoms. The van der Waals surface area contributed by atoms with E-state index < -0.39 is 11.9 Å². The fourth-order valence-corrected chi connectivity index (χ4v) is 2.31. The van der Waals surface area contributed by atoms with E-state index in [9.17, 15) is 13.2 Å².